The first kappa shape index (κ1) is 36.3. The zero-order valence-corrected chi connectivity index (χ0v) is 35.7. The minimum Gasteiger partial charge on any atom is -0.503 e. The van der Waals surface area contributed by atoms with Crippen LogP contribution in [0.5, 0.6) is 11.5 Å². The van der Waals surface area contributed by atoms with E-state index < -0.39 is 0 Å². The van der Waals surface area contributed by atoms with Crippen LogP contribution >= 0.6 is 0 Å². The molecule has 6 nitrogen and oxygen atoms in total. The van der Waals surface area contributed by atoms with Crippen molar-refractivity contribution in [3.8, 4) is 56.6 Å². The van der Waals surface area contributed by atoms with Crippen molar-refractivity contribution >= 4 is 54.6 Å². The summed E-state index contributed by atoms with van der Waals surface area (Å²) < 4.78 is 13.5. The second-order valence-electron chi connectivity index (χ2n) is 16.5. The molecule has 60 heavy (non-hydrogen) atoms. The van der Waals surface area contributed by atoms with Crippen molar-refractivity contribution < 1.29 is 25.8 Å². The number of rotatable bonds is 4. The van der Waals surface area contributed by atoms with E-state index in [-0.39, 0.29) is 26.5 Å². The molecule has 0 atom stereocenters. The van der Waals surface area contributed by atoms with Crippen LogP contribution in [-0.4, -0.2) is 23.7 Å². The molecule has 0 fully saturated rings. The first-order valence-electron chi connectivity index (χ1n) is 20.1. The van der Waals surface area contributed by atoms with Gasteiger partial charge in [0.2, 0.25) is 0 Å². The fraction of sp³-hybridized carbons (Fsp3) is 0.0943. The predicted octanol–water partition coefficient (Wildman–Crippen LogP) is 13.2. The molecule has 0 bridgehead atoms. The minimum absolute atomic E-state index is 0. The van der Waals surface area contributed by atoms with Crippen molar-refractivity contribution in [2.75, 3.05) is 0 Å². The molecule has 0 saturated carbocycles. The van der Waals surface area contributed by atoms with Gasteiger partial charge in [0.05, 0.1) is 33.6 Å². The topological polar surface area (TPSA) is 49.8 Å². The van der Waals surface area contributed by atoms with Gasteiger partial charge >= 0.3 is 21.1 Å². The molecule has 11 aromatic rings. The van der Waals surface area contributed by atoms with Crippen LogP contribution in [0.2, 0.25) is 0 Å². The summed E-state index contributed by atoms with van der Waals surface area (Å²) in [7, 11) is 2.04. The van der Waals surface area contributed by atoms with Gasteiger partial charge in [0.25, 0.3) is 0 Å². The van der Waals surface area contributed by atoms with E-state index in [9.17, 15) is 0 Å². The second kappa shape index (κ2) is 13.4. The van der Waals surface area contributed by atoms with Gasteiger partial charge in [-0.1, -0.05) is 105 Å². The van der Waals surface area contributed by atoms with Gasteiger partial charge in [-0.15, -0.1) is 41.3 Å². The summed E-state index contributed by atoms with van der Waals surface area (Å²) in [6.07, 6.45) is 1.92. The number of nitrogens with zero attached hydrogens (tertiary/aromatic N) is 5. The Kier molecular flexibility index (Phi) is 8.11. The first-order valence-corrected chi connectivity index (χ1v) is 20.1. The number of hydrogen-bond donors (Lipinski definition) is 0. The molecule has 7 heteroatoms. The largest absolute Gasteiger partial charge is 2.00 e. The molecule has 0 saturated heterocycles. The molecule has 12 rings (SSSR count). The third-order valence-electron chi connectivity index (χ3n) is 12.1. The van der Waals surface area contributed by atoms with Gasteiger partial charge in [-0.3, -0.25) is 4.98 Å². The molecule has 4 aromatic heterocycles. The van der Waals surface area contributed by atoms with Crippen molar-refractivity contribution in [2.45, 2.75) is 26.2 Å². The molecule has 0 aliphatic carbocycles. The van der Waals surface area contributed by atoms with Gasteiger partial charge in [-0.05, 0) is 70.0 Å². The Morgan fingerprint density at radius 3 is 2.18 bits per heavy atom. The average molecular weight is 955 g/mol. The van der Waals surface area contributed by atoms with E-state index in [1.807, 2.05) is 55.7 Å². The number of para-hydroxylation sites is 4. The number of benzene rings is 7. The smallest absolute Gasteiger partial charge is 0.503 e. The van der Waals surface area contributed by atoms with E-state index in [1.165, 1.54) is 49.6 Å². The van der Waals surface area contributed by atoms with Crippen LogP contribution in [0.15, 0.2) is 152 Å². The molecule has 0 spiro atoms. The van der Waals surface area contributed by atoms with Crippen molar-refractivity contribution in [3.05, 3.63) is 169 Å². The fourth-order valence-electron chi connectivity index (χ4n) is 9.33. The molecule has 5 heterocycles. The molecule has 1 aliphatic heterocycles. The number of aryl methyl sites for hydroxylation is 1. The maximum atomic E-state index is 6.65. The Balaban J connectivity index is 0.00000408. The number of aromatic nitrogens is 5. The zero-order chi connectivity index (χ0) is 39.6. The molecule has 290 valence electrons. The summed E-state index contributed by atoms with van der Waals surface area (Å²) in [5.41, 5.74) is 14.3. The molecular weight excluding hydrogens is 918 g/mol. The molecule has 1 aliphatic rings. The third-order valence-corrected chi connectivity index (χ3v) is 12.1. The SMILES string of the molecule is Cn1c(-c2[c-]c(Oc3[c-]c4c(cc3)c3c5c(ccc3n4-c3cc(C(C)(C)C)ccn3)-n3c4ccccc4c4cccc(c43)-c3ccccc3-5)ccc2)nc2ccccc21.[Pt+2]. The summed E-state index contributed by atoms with van der Waals surface area (Å²) >= 11 is 0. The van der Waals surface area contributed by atoms with Crippen LogP contribution in [0.4, 0.5) is 0 Å². The van der Waals surface area contributed by atoms with Crippen molar-refractivity contribution in [2.24, 2.45) is 7.05 Å². The van der Waals surface area contributed by atoms with Gasteiger partial charge in [0, 0.05) is 52.2 Å². The van der Waals surface area contributed by atoms with Gasteiger partial charge in [-0.25, -0.2) is 4.98 Å². The van der Waals surface area contributed by atoms with E-state index >= 15 is 0 Å². The van der Waals surface area contributed by atoms with E-state index in [1.54, 1.807) is 0 Å². The average Bonchev–Trinajstić information content (AvgIpc) is 3.87. The van der Waals surface area contributed by atoms with E-state index in [0.717, 1.165) is 55.7 Å². The number of hydrogen-bond acceptors (Lipinski definition) is 3. The summed E-state index contributed by atoms with van der Waals surface area (Å²) in [6, 6.07) is 58.8. The van der Waals surface area contributed by atoms with Gasteiger partial charge in [0.15, 0.2) is 0 Å². The van der Waals surface area contributed by atoms with E-state index in [2.05, 4.69) is 150 Å². The maximum absolute atomic E-state index is 6.65. The summed E-state index contributed by atoms with van der Waals surface area (Å²) in [5, 5.41) is 4.70. The Bertz CT molecular complexity index is 3550. The fourth-order valence-corrected chi connectivity index (χ4v) is 9.33. The van der Waals surface area contributed by atoms with Crippen LogP contribution in [0.25, 0.3) is 99.8 Å². The predicted molar refractivity (Wildman–Crippen MR) is 240 cm³/mol. The monoisotopic (exact) mass is 954 g/mol. The Hall–Kier alpha value is -6.75. The molecule has 0 N–H and O–H groups in total. The summed E-state index contributed by atoms with van der Waals surface area (Å²) in [4.78, 5) is 9.95. The summed E-state index contributed by atoms with van der Waals surface area (Å²) in [6.45, 7) is 6.72. The standard InChI is InChI=1S/C53H37N5O.Pt/c1-53(2,3)33-27-28-54-48(30-33)57-45-25-26-46-49(38-17-6-5-15-36(38)39-18-12-19-40-37-16-7-9-21-43(37)58(46)51(39)40)50(45)41-24-23-35(31-47(41)57)59-34-14-11-13-32(29-34)52-55-42-20-8-10-22-44(42)56(52)4;/h5-28,30H,1-4H3;/q-2;+2. The van der Waals surface area contributed by atoms with Crippen molar-refractivity contribution in [1.29, 1.82) is 0 Å². The van der Waals surface area contributed by atoms with Gasteiger partial charge in [-0.2, -0.15) is 6.07 Å². The van der Waals surface area contributed by atoms with E-state index in [0.29, 0.717) is 11.5 Å². The van der Waals surface area contributed by atoms with Crippen LogP contribution in [0, 0.1) is 12.1 Å². The Morgan fingerprint density at radius 1 is 0.600 bits per heavy atom. The molecule has 7 aromatic carbocycles. The molecule has 0 radical (unpaired) electrons. The van der Waals surface area contributed by atoms with Crippen molar-refractivity contribution in [1.82, 2.24) is 23.7 Å². The number of imidazole rings is 1. The van der Waals surface area contributed by atoms with Crippen LogP contribution in [-0.2, 0) is 33.5 Å². The first-order chi connectivity index (χ1) is 28.8. The Morgan fingerprint density at radius 2 is 1.33 bits per heavy atom. The quantitative estimate of drug-likeness (QED) is 0.165. The van der Waals surface area contributed by atoms with Crippen LogP contribution in [0.3, 0.4) is 0 Å². The van der Waals surface area contributed by atoms with E-state index in [4.69, 9.17) is 14.7 Å². The van der Waals surface area contributed by atoms with Crippen molar-refractivity contribution in [3.63, 3.8) is 0 Å². The number of fused-ring (bicyclic) bond motifs is 13. The third kappa shape index (κ3) is 5.30. The molecule has 0 unspecified atom stereocenters. The van der Waals surface area contributed by atoms with Gasteiger partial charge in [0.1, 0.15) is 5.82 Å². The number of ether oxygens (including phenoxy) is 1. The minimum atomic E-state index is -0.0724. The Labute approximate surface area is 361 Å². The second-order valence-corrected chi connectivity index (χ2v) is 16.5. The van der Waals surface area contributed by atoms with Crippen LogP contribution < -0.4 is 4.74 Å². The number of pyridine rings is 1. The maximum Gasteiger partial charge on any atom is 2.00 e. The zero-order valence-electron chi connectivity index (χ0n) is 33.4. The molecule has 0 amide bonds. The van der Waals surface area contributed by atoms with Crippen LogP contribution in [0.1, 0.15) is 26.3 Å². The van der Waals surface area contributed by atoms with Gasteiger partial charge < -0.3 is 18.4 Å². The summed E-state index contributed by atoms with van der Waals surface area (Å²) in [5.74, 6) is 2.84. The molecular formula is C53H37N5OPt. The normalized spacial score (nSPS) is 12.2.